The molecule has 1 aromatic heterocycles. The number of hydrogen-bond donors (Lipinski definition) is 0. The number of benzene rings is 1. The van der Waals surface area contributed by atoms with Gasteiger partial charge in [0.25, 0.3) is 5.91 Å². The molecule has 2 saturated heterocycles. The van der Waals surface area contributed by atoms with Crippen LogP contribution in [0.5, 0.6) is 0 Å². The van der Waals surface area contributed by atoms with E-state index in [0.29, 0.717) is 5.69 Å². The highest BCUT2D eigenvalue weighted by molar-refractivity contribution is 7.13. The Hall–Kier alpha value is -1.83. The van der Waals surface area contributed by atoms with Crippen LogP contribution in [0.4, 0.5) is 4.39 Å². The zero-order chi connectivity index (χ0) is 18.6. The van der Waals surface area contributed by atoms with E-state index in [1.54, 1.807) is 17.5 Å². The van der Waals surface area contributed by atoms with Gasteiger partial charge in [0.05, 0.1) is 0 Å². The number of amides is 1. The van der Waals surface area contributed by atoms with Gasteiger partial charge in [-0.3, -0.25) is 9.69 Å². The van der Waals surface area contributed by atoms with Gasteiger partial charge in [-0.2, -0.15) is 0 Å². The first-order chi connectivity index (χ1) is 13.2. The van der Waals surface area contributed by atoms with Crippen molar-refractivity contribution in [3.05, 3.63) is 41.2 Å². The molecule has 5 nitrogen and oxygen atoms in total. The highest BCUT2D eigenvalue weighted by atomic mass is 32.1. The molecule has 144 valence electrons. The topological polar surface area (TPSA) is 39.7 Å². The molecule has 7 heteroatoms. The van der Waals surface area contributed by atoms with Crippen LogP contribution in [0.15, 0.2) is 29.6 Å². The molecule has 2 aromatic rings. The van der Waals surface area contributed by atoms with Crippen LogP contribution in [0.2, 0.25) is 0 Å². The molecule has 0 spiro atoms. The molecule has 0 aliphatic carbocycles. The van der Waals surface area contributed by atoms with Gasteiger partial charge in [0.15, 0.2) is 0 Å². The van der Waals surface area contributed by atoms with Gasteiger partial charge in [0.2, 0.25) is 0 Å². The van der Waals surface area contributed by atoms with Crippen LogP contribution in [0, 0.1) is 5.82 Å². The summed E-state index contributed by atoms with van der Waals surface area (Å²) in [5.74, 6) is -0.270. The molecule has 2 aliphatic heterocycles. The second-order valence-electron chi connectivity index (χ2n) is 7.23. The fraction of sp³-hybridized carbons (Fsp3) is 0.500. The van der Waals surface area contributed by atoms with Crippen LogP contribution in [-0.2, 0) is 0 Å². The van der Waals surface area contributed by atoms with E-state index in [1.807, 2.05) is 4.90 Å². The SMILES string of the molecule is O=C(c1csc(-c2ccc(F)cc2)n1)N1CCN(CCN2CCCC2)CC1. The van der Waals surface area contributed by atoms with Gasteiger partial charge >= 0.3 is 0 Å². The summed E-state index contributed by atoms with van der Waals surface area (Å²) in [6, 6.07) is 6.22. The van der Waals surface area contributed by atoms with Gasteiger partial charge in [-0.15, -0.1) is 11.3 Å². The first kappa shape index (κ1) is 18.5. The van der Waals surface area contributed by atoms with Crippen molar-refractivity contribution in [1.82, 2.24) is 19.7 Å². The van der Waals surface area contributed by atoms with Crippen LogP contribution < -0.4 is 0 Å². The minimum absolute atomic E-state index is 0.00111. The number of piperazine rings is 1. The fourth-order valence-corrected chi connectivity index (χ4v) is 4.52. The van der Waals surface area contributed by atoms with Crippen molar-refractivity contribution in [3.63, 3.8) is 0 Å². The zero-order valence-electron chi connectivity index (χ0n) is 15.4. The summed E-state index contributed by atoms with van der Waals surface area (Å²) in [6.07, 6.45) is 2.66. The van der Waals surface area contributed by atoms with Crippen molar-refractivity contribution in [2.24, 2.45) is 0 Å². The lowest BCUT2D eigenvalue weighted by molar-refractivity contribution is 0.0622. The third kappa shape index (κ3) is 4.54. The van der Waals surface area contributed by atoms with E-state index in [-0.39, 0.29) is 11.7 Å². The Labute approximate surface area is 163 Å². The molecule has 2 fully saturated rings. The fourth-order valence-electron chi connectivity index (χ4n) is 3.72. The average Bonchev–Trinajstić information content (AvgIpc) is 3.39. The Morgan fingerprint density at radius 1 is 0.963 bits per heavy atom. The second kappa shape index (κ2) is 8.46. The first-order valence-corrected chi connectivity index (χ1v) is 10.5. The Morgan fingerprint density at radius 3 is 2.26 bits per heavy atom. The van der Waals surface area contributed by atoms with E-state index in [1.165, 1.54) is 49.4 Å². The molecule has 4 rings (SSSR count). The van der Waals surface area contributed by atoms with Crippen molar-refractivity contribution >= 4 is 17.2 Å². The van der Waals surface area contributed by atoms with Crippen LogP contribution in [0.3, 0.4) is 0 Å². The van der Waals surface area contributed by atoms with Gasteiger partial charge in [-0.05, 0) is 50.2 Å². The molecule has 2 aliphatic rings. The van der Waals surface area contributed by atoms with Gasteiger partial charge in [0, 0.05) is 50.2 Å². The average molecular weight is 389 g/mol. The summed E-state index contributed by atoms with van der Waals surface area (Å²) >= 11 is 1.43. The number of rotatable bonds is 5. The first-order valence-electron chi connectivity index (χ1n) is 9.64. The molecule has 27 heavy (non-hydrogen) atoms. The monoisotopic (exact) mass is 388 g/mol. The molecule has 0 saturated carbocycles. The molecule has 0 unspecified atom stereocenters. The summed E-state index contributed by atoms with van der Waals surface area (Å²) in [5.41, 5.74) is 1.33. The van der Waals surface area contributed by atoms with Crippen LogP contribution in [0.25, 0.3) is 10.6 Å². The van der Waals surface area contributed by atoms with E-state index in [4.69, 9.17) is 0 Å². The Balaban J connectivity index is 1.29. The van der Waals surface area contributed by atoms with E-state index in [2.05, 4.69) is 14.8 Å². The summed E-state index contributed by atoms with van der Waals surface area (Å²) in [5, 5.41) is 2.56. The van der Waals surface area contributed by atoms with Crippen LogP contribution >= 0.6 is 11.3 Å². The third-order valence-corrected chi connectivity index (χ3v) is 6.30. The normalized spacial score (nSPS) is 18.9. The Morgan fingerprint density at radius 2 is 1.59 bits per heavy atom. The minimum atomic E-state index is -0.269. The van der Waals surface area contributed by atoms with Crippen molar-refractivity contribution in [2.45, 2.75) is 12.8 Å². The maximum absolute atomic E-state index is 13.1. The summed E-state index contributed by atoms with van der Waals surface area (Å²) in [7, 11) is 0. The van der Waals surface area contributed by atoms with Crippen LogP contribution in [0.1, 0.15) is 23.3 Å². The van der Waals surface area contributed by atoms with Gasteiger partial charge < -0.3 is 9.80 Å². The lowest BCUT2D eigenvalue weighted by Crippen LogP contribution is -2.50. The number of hydrogen-bond acceptors (Lipinski definition) is 5. The molecule has 0 radical (unpaired) electrons. The molecule has 0 bridgehead atoms. The lowest BCUT2D eigenvalue weighted by Gasteiger charge is -2.35. The highest BCUT2D eigenvalue weighted by Gasteiger charge is 2.24. The zero-order valence-corrected chi connectivity index (χ0v) is 16.3. The van der Waals surface area contributed by atoms with E-state index < -0.39 is 0 Å². The number of likely N-dealkylation sites (tertiary alicyclic amines) is 1. The molecule has 0 N–H and O–H groups in total. The Bertz CT molecular complexity index is 765. The smallest absolute Gasteiger partial charge is 0.273 e. The second-order valence-corrected chi connectivity index (χ2v) is 8.09. The molecule has 0 atom stereocenters. The van der Waals surface area contributed by atoms with Crippen LogP contribution in [-0.4, -0.2) is 77.9 Å². The van der Waals surface area contributed by atoms with Gasteiger partial charge in [0.1, 0.15) is 16.5 Å². The highest BCUT2D eigenvalue weighted by Crippen LogP contribution is 2.24. The maximum atomic E-state index is 13.1. The quantitative estimate of drug-likeness (QED) is 0.790. The van der Waals surface area contributed by atoms with Crippen molar-refractivity contribution in [2.75, 3.05) is 52.4 Å². The van der Waals surface area contributed by atoms with Crippen molar-refractivity contribution < 1.29 is 9.18 Å². The predicted molar refractivity (Wildman–Crippen MR) is 106 cm³/mol. The summed E-state index contributed by atoms with van der Waals surface area (Å²) in [4.78, 5) is 24.1. The number of carbonyl (C=O) groups is 1. The lowest BCUT2D eigenvalue weighted by atomic mass is 10.2. The number of thiazole rings is 1. The Kier molecular flexibility index (Phi) is 5.80. The number of aromatic nitrogens is 1. The van der Waals surface area contributed by atoms with E-state index >= 15 is 0 Å². The molecule has 1 aromatic carbocycles. The van der Waals surface area contributed by atoms with Gasteiger partial charge in [-0.1, -0.05) is 0 Å². The maximum Gasteiger partial charge on any atom is 0.273 e. The molecule has 3 heterocycles. The molecule has 1 amide bonds. The minimum Gasteiger partial charge on any atom is -0.335 e. The van der Waals surface area contributed by atoms with Crippen molar-refractivity contribution in [3.8, 4) is 10.6 Å². The molecular formula is C20H25FN4OS. The van der Waals surface area contributed by atoms with E-state index in [9.17, 15) is 9.18 Å². The number of halogens is 1. The summed E-state index contributed by atoms with van der Waals surface area (Å²) < 4.78 is 13.1. The predicted octanol–water partition coefficient (Wildman–Crippen LogP) is 2.80. The van der Waals surface area contributed by atoms with Crippen molar-refractivity contribution in [1.29, 1.82) is 0 Å². The standard InChI is InChI=1S/C20H25FN4OS/c21-17-5-3-16(4-6-17)19-22-18(15-27-19)20(26)25-13-11-24(12-14-25)10-9-23-7-1-2-8-23/h3-6,15H,1-2,7-14H2. The molecular weight excluding hydrogens is 363 g/mol. The number of carbonyl (C=O) groups excluding carboxylic acids is 1. The largest absolute Gasteiger partial charge is 0.335 e. The number of nitrogens with zero attached hydrogens (tertiary/aromatic N) is 4. The van der Waals surface area contributed by atoms with E-state index in [0.717, 1.165) is 49.8 Å². The third-order valence-electron chi connectivity index (χ3n) is 5.41. The summed E-state index contributed by atoms with van der Waals surface area (Å²) in [6.45, 7) is 8.05. The van der Waals surface area contributed by atoms with Gasteiger partial charge in [-0.25, -0.2) is 9.37 Å².